The van der Waals surface area contributed by atoms with E-state index in [1.54, 1.807) is 25.3 Å². The molecule has 30 heavy (non-hydrogen) atoms. The van der Waals surface area contributed by atoms with E-state index in [9.17, 15) is 14.4 Å². The summed E-state index contributed by atoms with van der Waals surface area (Å²) in [4.78, 5) is 38.7. The minimum Gasteiger partial charge on any atom is -0.463 e. The minimum absolute atomic E-state index is 0.137. The number of ether oxygens (including phenoxy) is 5. The monoisotopic (exact) mass is 421 g/mol. The van der Waals surface area contributed by atoms with Crippen LogP contribution in [0.5, 0.6) is 0 Å². The second kappa shape index (κ2) is 10.8. The molecule has 0 bridgehead atoms. The molecule has 1 aromatic heterocycles. The van der Waals surface area contributed by atoms with Crippen molar-refractivity contribution in [3.05, 3.63) is 36.2 Å². The number of carbonyl (C=O) groups is 3. The maximum atomic E-state index is 11.6. The Labute approximate surface area is 175 Å². The third-order valence-electron chi connectivity index (χ3n) is 4.51. The van der Waals surface area contributed by atoms with Crippen molar-refractivity contribution in [2.75, 3.05) is 6.61 Å². The Morgan fingerprint density at radius 3 is 2.30 bits per heavy atom. The summed E-state index contributed by atoms with van der Waals surface area (Å²) in [5.74, 6) is -2.03. The highest BCUT2D eigenvalue weighted by molar-refractivity contribution is 5.67. The summed E-state index contributed by atoms with van der Waals surface area (Å²) < 4.78 is 27.6. The Bertz CT molecular complexity index is 761. The first-order valence-electron chi connectivity index (χ1n) is 9.53. The molecule has 9 nitrogen and oxygen atoms in total. The number of carbonyl (C=O) groups excluding carboxylic acids is 3. The van der Waals surface area contributed by atoms with Crippen LogP contribution in [0.1, 0.15) is 39.0 Å². The SMILES string of the molecule is C=Cc1ccc(CO[C@@H]2OC(COC(C)=O)[C@@H](OC(C)=O)C(C)[C@@H]2OC(C)=O)cn1. The standard InChI is InChI=1S/C21H27NO8/c1-6-17-8-7-16(9-22-17)10-27-21-20(29-15(5)25)12(2)19(28-14(4)24)18(30-21)11-26-13(3)23/h6-9,12,18-21H,1,10-11H2,2-5H3/t12?,18?,19-,20-,21+/m0/s1. The Hall–Kier alpha value is -2.78. The lowest BCUT2D eigenvalue weighted by Gasteiger charge is -2.43. The highest BCUT2D eigenvalue weighted by Gasteiger charge is 2.48. The molecule has 2 rings (SSSR count). The summed E-state index contributed by atoms with van der Waals surface area (Å²) in [5.41, 5.74) is 1.50. The molecule has 0 N–H and O–H groups in total. The second-order valence-corrected chi connectivity index (χ2v) is 6.96. The summed E-state index contributed by atoms with van der Waals surface area (Å²) in [7, 11) is 0. The van der Waals surface area contributed by atoms with Gasteiger partial charge in [0.15, 0.2) is 12.4 Å². The van der Waals surface area contributed by atoms with Gasteiger partial charge in [0, 0.05) is 32.9 Å². The highest BCUT2D eigenvalue weighted by atomic mass is 16.7. The van der Waals surface area contributed by atoms with Gasteiger partial charge in [0.25, 0.3) is 0 Å². The predicted octanol–water partition coefficient (Wildman–Crippen LogP) is 2.03. The van der Waals surface area contributed by atoms with Crippen molar-refractivity contribution >= 4 is 24.0 Å². The van der Waals surface area contributed by atoms with Crippen molar-refractivity contribution in [3.63, 3.8) is 0 Å². The first-order chi connectivity index (χ1) is 14.2. The van der Waals surface area contributed by atoms with E-state index in [0.29, 0.717) is 0 Å². The molecule has 0 amide bonds. The zero-order valence-electron chi connectivity index (χ0n) is 17.5. The van der Waals surface area contributed by atoms with Gasteiger partial charge < -0.3 is 23.7 Å². The molecule has 1 aliphatic heterocycles. The van der Waals surface area contributed by atoms with Crippen LogP contribution in [-0.2, 0) is 44.7 Å². The number of esters is 3. The van der Waals surface area contributed by atoms with E-state index in [1.807, 2.05) is 6.07 Å². The molecule has 0 aromatic carbocycles. The molecule has 1 saturated heterocycles. The average Bonchev–Trinajstić information content (AvgIpc) is 2.69. The summed E-state index contributed by atoms with van der Waals surface area (Å²) in [6.07, 6.45) is -0.105. The molecule has 1 fully saturated rings. The van der Waals surface area contributed by atoms with Crippen LogP contribution in [0.15, 0.2) is 24.9 Å². The third kappa shape index (κ3) is 6.64. The number of nitrogens with zero attached hydrogens (tertiary/aromatic N) is 1. The zero-order chi connectivity index (χ0) is 22.3. The minimum atomic E-state index is -0.963. The van der Waals surface area contributed by atoms with E-state index in [4.69, 9.17) is 23.7 Å². The molecule has 2 unspecified atom stereocenters. The molecule has 0 spiro atoms. The molecule has 0 radical (unpaired) electrons. The second-order valence-electron chi connectivity index (χ2n) is 6.96. The first kappa shape index (κ1) is 23.5. The molecule has 2 heterocycles. The van der Waals surface area contributed by atoms with Crippen LogP contribution < -0.4 is 0 Å². The van der Waals surface area contributed by atoms with Crippen LogP contribution >= 0.6 is 0 Å². The van der Waals surface area contributed by atoms with E-state index < -0.39 is 48.4 Å². The Kier molecular flexibility index (Phi) is 8.49. The largest absolute Gasteiger partial charge is 0.463 e. The van der Waals surface area contributed by atoms with Crippen molar-refractivity contribution < 1.29 is 38.1 Å². The summed E-state index contributed by atoms with van der Waals surface area (Å²) in [6.45, 7) is 9.21. The van der Waals surface area contributed by atoms with E-state index in [1.165, 1.54) is 20.8 Å². The molecular weight excluding hydrogens is 394 g/mol. The van der Waals surface area contributed by atoms with Crippen LogP contribution in [0.25, 0.3) is 6.08 Å². The molecule has 5 atom stereocenters. The van der Waals surface area contributed by atoms with E-state index >= 15 is 0 Å². The fourth-order valence-corrected chi connectivity index (χ4v) is 3.12. The number of hydrogen-bond donors (Lipinski definition) is 0. The Morgan fingerprint density at radius 1 is 1.10 bits per heavy atom. The predicted molar refractivity (Wildman–Crippen MR) is 105 cm³/mol. The van der Waals surface area contributed by atoms with Gasteiger partial charge in [-0.2, -0.15) is 0 Å². The number of hydrogen-bond acceptors (Lipinski definition) is 9. The number of rotatable bonds is 8. The van der Waals surface area contributed by atoms with E-state index in [0.717, 1.165) is 11.3 Å². The third-order valence-corrected chi connectivity index (χ3v) is 4.51. The quantitative estimate of drug-likeness (QED) is 0.460. The van der Waals surface area contributed by atoms with Gasteiger partial charge in [0.1, 0.15) is 18.8 Å². The Balaban J connectivity index is 2.19. The fourth-order valence-electron chi connectivity index (χ4n) is 3.12. The normalized spacial score (nSPS) is 25.8. The molecule has 9 heteroatoms. The van der Waals surface area contributed by atoms with Gasteiger partial charge >= 0.3 is 17.9 Å². The van der Waals surface area contributed by atoms with Crippen LogP contribution in [0.3, 0.4) is 0 Å². The highest BCUT2D eigenvalue weighted by Crippen LogP contribution is 2.32. The van der Waals surface area contributed by atoms with E-state index in [2.05, 4.69) is 11.6 Å². The molecule has 1 aromatic rings. The van der Waals surface area contributed by atoms with Gasteiger partial charge in [-0.25, -0.2) is 0 Å². The lowest BCUT2D eigenvalue weighted by atomic mass is 9.90. The van der Waals surface area contributed by atoms with Crippen molar-refractivity contribution in [3.8, 4) is 0 Å². The average molecular weight is 421 g/mol. The summed E-state index contributed by atoms with van der Waals surface area (Å²) in [5, 5.41) is 0. The van der Waals surface area contributed by atoms with Crippen LogP contribution in [-0.4, -0.2) is 54.1 Å². The van der Waals surface area contributed by atoms with Gasteiger partial charge in [-0.05, 0) is 17.7 Å². The number of aromatic nitrogens is 1. The lowest BCUT2D eigenvalue weighted by Crippen LogP contribution is -2.57. The topological polar surface area (TPSA) is 110 Å². The molecule has 1 aliphatic rings. The van der Waals surface area contributed by atoms with Crippen LogP contribution in [0.2, 0.25) is 0 Å². The van der Waals surface area contributed by atoms with Crippen molar-refractivity contribution in [2.45, 2.75) is 58.9 Å². The molecule has 0 aliphatic carbocycles. The first-order valence-corrected chi connectivity index (χ1v) is 9.53. The van der Waals surface area contributed by atoms with Gasteiger partial charge in [-0.1, -0.05) is 19.6 Å². The maximum Gasteiger partial charge on any atom is 0.303 e. The van der Waals surface area contributed by atoms with E-state index in [-0.39, 0.29) is 13.2 Å². The zero-order valence-corrected chi connectivity index (χ0v) is 17.5. The van der Waals surface area contributed by atoms with Gasteiger partial charge in [-0.3, -0.25) is 19.4 Å². The molecule has 164 valence electrons. The van der Waals surface area contributed by atoms with Crippen LogP contribution in [0, 0.1) is 5.92 Å². The van der Waals surface area contributed by atoms with Gasteiger partial charge in [0.2, 0.25) is 0 Å². The summed E-state index contributed by atoms with van der Waals surface area (Å²) in [6, 6.07) is 3.62. The van der Waals surface area contributed by atoms with Gasteiger partial charge in [0.05, 0.1) is 12.3 Å². The van der Waals surface area contributed by atoms with Crippen molar-refractivity contribution in [1.82, 2.24) is 4.98 Å². The van der Waals surface area contributed by atoms with Crippen molar-refractivity contribution in [2.24, 2.45) is 5.92 Å². The smallest absolute Gasteiger partial charge is 0.303 e. The molecule has 0 saturated carbocycles. The van der Waals surface area contributed by atoms with Gasteiger partial charge in [-0.15, -0.1) is 0 Å². The fraction of sp³-hybridized carbons (Fsp3) is 0.524. The lowest BCUT2D eigenvalue weighted by molar-refractivity contribution is -0.296. The Morgan fingerprint density at radius 2 is 1.77 bits per heavy atom. The maximum absolute atomic E-state index is 11.6. The van der Waals surface area contributed by atoms with Crippen molar-refractivity contribution in [1.29, 1.82) is 0 Å². The molecular formula is C21H27NO8. The number of pyridine rings is 1. The summed E-state index contributed by atoms with van der Waals surface area (Å²) >= 11 is 0. The van der Waals surface area contributed by atoms with Crippen LogP contribution in [0.4, 0.5) is 0 Å².